The summed E-state index contributed by atoms with van der Waals surface area (Å²) < 4.78 is 0. The van der Waals surface area contributed by atoms with Gasteiger partial charge in [-0.05, 0) is 28.7 Å². The van der Waals surface area contributed by atoms with Crippen molar-refractivity contribution >= 4 is 0 Å². The van der Waals surface area contributed by atoms with Crippen molar-refractivity contribution in [2.75, 3.05) is 6.54 Å². The van der Waals surface area contributed by atoms with E-state index in [1.807, 2.05) is 12.1 Å². The number of hydrogen-bond acceptors (Lipinski definition) is 2. The normalized spacial score (nSPS) is 18.4. The monoisotopic (exact) mass is 239 g/mol. The standard InChI is InChI=1S/C16H17NO/c18-11-12-5-7-14(8-6-12)16-15-4-2-1-3-13(15)9-10-17-16/h1-8,16-18H,9-11H2. The molecule has 1 unspecified atom stereocenters. The summed E-state index contributed by atoms with van der Waals surface area (Å²) in [4.78, 5) is 0. The third kappa shape index (κ3) is 2.05. The molecule has 1 heterocycles. The molecular weight excluding hydrogens is 222 g/mol. The van der Waals surface area contributed by atoms with Gasteiger partial charge in [0.15, 0.2) is 0 Å². The lowest BCUT2D eigenvalue weighted by molar-refractivity contribution is 0.282. The van der Waals surface area contributed by atoms with Gasteiger partial charge in [-0.15, -0.1) is 0 Å². The Kier molecular flexibility index (Phi) is 3.13. The van der Waals surface area contributed by atoms with Crippen LogP contribution in [0.15, 0.2) is 48.5 Å². The van der Waals surface area contributed by atoms with E-state index in [9.17, 15) is 0 Å². The highest BCUT2D eigenvalue weighted by atomic mass is 16.3. The van der Waals surface area contributed by atoms with Gasteiger partial charge in [0, 0.05) is 6.54 Å². The second-order valence-corrected chi connectivity index (χ2v) is 4.74. The Morgan fingerprint density at radius 2 is 1.83 bits per heavy atom. The molecule has 0 saturated heterocycles. The lowest BCUT2D eigenvalue weighted by Crippen LogP contribution is -2.30. The third-order valence-electron chi connectivity index (χ3n) is 3.60. The zero-order chi connectivity index (χ0) is 12.4. The minimum Gasteiger partial charge on any atom is -0.392 e. The van der Waals surface area contributed by atoms with Crippen molar-refractivity contribution in [3.8, 4) is 0 Å². The molecule has 92 valence electrons. The van der Waals surface area contributed by atoms with Gasteiger partial charge < -0.3 is 10.4 Å². The van der Waals surface area contributed by atoms with Gasteiger partial charge >= 0.3 is 0 Å². The smallest absolute Gasteiger partial charge is 0.0681 e. The van der Waals surface area contributed by atoms with Crippen LogP contribution in [0, 0.1) is 0 Å². The Morgan fingerprint density at radius 3 is 2.61 bits per heavy atom. The molecule has 2 N–H and O–H groups in total. The minimum atomic E-state index is 0.106. The lowest BCUT2D eigenvalue weighted by atomic mass is 9.90. The van der Waals surface area contributed by atoms with Gasteiger partial charge in [-0.25, -0.2) is 0 Å². The van der Waals surface area contributed by atoms with Crippen molar-refractivity contribution in [3.63, 3.8) is 0 Å². The highest BCUT2D eigenvalue weighted by Gasteiger charge is 2.20. The predicted octanol–water partition coefficient (Wildman–Crippen LogP) is 2.41. The number of hydrogen-bond donors (Lipinski definition) is 2. The zero-order valence-electron chi connectivity index (χ0n) is 10.3. The molecule has 0 spiro atoms. The molecule has 2 aromatic carbocycles. The number of aliphatic hydroxyl groups excluding tert-OH is 1. The summed E-state index contributed by atoms with van der Waals surface area (Å²) in [6, 6.07) is 17.1. The largest absolute Gasteiger partial charge is 0.392 e. The van der Waals surface area contributed by atoms with Gasteiger partial charge in [-0.1, -0.05) is 48.5 Å². The van der Waals surface area contributed by atoms with Gasteiger partial charge in [-0.3, -0.25) is 0 Å². The van der Waals surface area contributed by atoms with E-state index < -0.39 is 0 Å². The first-order valence-electron chi connectivity index (χ1n) is 6.39. The molecule has 0 amide bonds. The van der Waals surface area contributed by atoms with E-state index in [1.54, 1.807) is 0 Å². The molecule has 1 atom stereocenters. The van der Waals surface area contributed by atoms with Crippen molar-refractivity contribution in [1.29, 1.82) is 0 Å². The molecule has 0 fully saturated rings. The molecule has 18 heavy (non-hydrogen) atoms. The average molecular weight is 239 g/mol. The molecule has 2 aromatic rings. The van der Waals surface area contributed by atoms with Crippen LogP contribution in [0.2, 0.25) is 0 Å². The Balaban J connectivity index is 1.97. The molecule has 1 aliphatic rings. The fourth-order valence-electron chi connectivity index (χ4n) is 2.62. The molecule has 0 bridgehead atoms. The van der Waals surface area contributed by atoms with E-state index in [-0.39, 0.29) is 12.6 Å². The molecule has 2 nitrogen and oxygen atoms in total. The predicted molar refractivity (Wildman–Crippen MR) is 72.4 cm³/mol. The van der Waals surface area contributed by atoms with Crippen molar-refractivity contribution < 1.29 is 5.11 Å². The first-order chi connectivity index (χ1) is 8.88. The quantitative estimate of drug-likeness (QED) is 0.843. The second kappa shape index (κ2) is 4.92. The van der Waals surface area contributed by atoms with E-state index in [2.05, 4.69) is 41.7 Å². The number of benzene rings is 2. The van der Waals surface area contributed by atoms with Gasteiger partial charge in [0.1, 0.15) is 0 Å². The molecule has 2 heteroatoms. The first kappa shape index (κ1) is 11.5. The lowest BCUT2D eigenvalue weighted by Gasteiger charge is -2.27. The van der Waals surface area contributed by atoms with Crippen molar-refractivity contribution in [3.05, 3.63) is 70.8 Å². The first-order valence-corrected chi connectivity index (χ1v) is 6.39. The number of nitrogens with one attached hydrogen (secondary N) is 1. The summed E-state index contributed by atoms with van der Waals surface area (Å²) in [5.74, 6) is 0. The SMILES string of the molecule is OCc1ccc(C2NCCc3ccccc32)cc1. The van der Waals surface area contributed by atoms with Crippen LogP contribution in [-0.4, -0.2) is 11.7 Å². The Bertz CT molecular complexity index is 533. The molecule has 3 rings (SSSR count). The summed E-state index contributed by atoms with van der Waals surface area (Å²) in [7, 11) is 0. The van der Waals surface area contributed by atoms with Crippen LogP contribution < -0.4 is 5.32 Å². The molecular formula is C16H17NO. The third-order valence-corrected chi connectivity index (χ3v) is 3.60. The maximum absolute atomic E-state index is 9.08. The highest BCUT2D eigenvalue weighted by molar-refractivity contribution is 5.40. The molecule has 0 aromatic heterocycles. The van der Waals surface area contributed by atoms with Crippen LogP contribution >= 0.6 is 0 Å². The van der Waals surface area contributed by atoms with E-state index in [0.717, 1.165) is 18.5 Å². The number of rotatable bonds is 2. The van der Waals surface area contributed by atoms with E-state index in [4.69, 9.17) is 5.11 Å². The van der Waals surface area contributed by atoms with E-state index >= 15 is 0 Å². The molecule has 0 aliphatic carbocycles. The molecule has 0 saturated carbocycles. The van der Waals surface area contributed by atoms with Gasteiger partial charge in [0.25, 0.3) is 0 Å². The van der Waals surface area contributed by atoms with E-state index in [0.29, 0.717) is 0 Å². The second-order valence-electron chi connectivity index (χ2n) is 4.74. The zero-order valence-corrected chi connectivity index (χ0v) is 10.3. The van der Waals surface area contributed by atoms with Crippen molar-refractivity contribution in [2.45, 2.75) is 19.1 Å². The maximum atomic E-state index is 9.08. The fraction of sp³-hybridized carbons (Fsp3) is 0.250. The molecule has 1 aliphatic heterocycles. The average Bonchev–Trinajstić information content (AvgIpc) is 2.47. The van der Waals surface area contributed by atoms with Gasteiger partial charge in [0.2, 0.25) is 0 Å². The summed E-state index contributed by atoms with van der Waals surface area (Å²) in [5, 5.41) is 12.6. The number of aliphatic hydroxyl groups is 1. The summed E-state index contributed by atoms with van der Waals surface area (Å²) in [6.45, 7) is 1.12. The maximum Gasteiger partial charge on any atom is 0.0681 e. The summed E-state index contributed by atoms with van der Waals surface area (Å²) >= 11 is 0. The Labute approximate surface area is 107 Å². The Morgan fingerprint density at radius 1 is 1.06 bits per heavy atom. The fourth-order valence-corrected chi connectivity index (χ4v) is 2.62. The van der Waals surface area contributed by atoms with Crippen LogP contribution in [0.3, 0.4) is 0 Å². The van der Waals surface area contributed by atoms with Crippen LogP contribution in [0.4, 0.5) is 0 Å². The van der Waals surface area contributed by atoms with Crippen LogP contribution in [0.25, 0.3) is 0 Å². The van der Waals surface area contributed by atoms with Gasteiger partial charge in [0.05, 0.1) is 12.6 Å². The van der Waals surface area contributed by atoms with E-state index in [1.165, 1.54) is 16.7 Å². The van der Waals surface area contributed by atoms with Crippen LogP contribution in [0.5, 0.6) is 0 Å². The minimum absolute atomic E-state index is 0.106. The van der Waals surface area contributed by atoms with Crippen molar-refractivity contribution in [1.82, 2.24) is 5.32 Å². The highest BCUT2D eigenvalue weighted by Crippen LogP contribution is 2.28. The summed E-state index contributed by atoms with van der Waals surface area (Å²) in [6.07, 6.45) is 1.10. The molecule has 0 radical (unpaired) electrons. The summed E-state index contributed by atoms with van der Waals surface area (Å²) in [5.41, 5.74) is 5.04. The van der Waals surface area contributed by atoms with Crippen LogP contribution in [-0.2, 0) is 13.0 Å². The topological polar surface area (TPSA) is 32.3 Å². The number of fused-ring (bicyclic) bond motifs is 1. The Hall–Kier alpha value is -1.64. The van der Waals surface area contributed by atoms with Gasteiger partial charge in [-0.2, -0.15) is 0 Å². The van der Waals surface area contributed by atoms with Crippen molar-refractivity contribution in [2.24, 2.45) is 0 Å². The van der Waals surface area contributed by atoms with Crippen LogP contribution in [0.1, 0.15) is 28.3 Å².